The van der Waals surface area contributed by atoms with Gasteiger partial charge in [0.25, 0.3) is 5.91 Å². The van der Waals surface area contributed by atoms with Crippen LogP contribution in [-0.2, 0) is 18.2 Å². The number of hydrogen-bond acceptors (Lipinski definition) is 4. The summed E-state index contributed by atoms with van der Waals surface area (Å²) in [5.41, 5.74) is 3.44. The predicted molar refractivity (Wildman–Crippen MR) is 103 cm³/mol. The molecule has 1 aliphatic heterocycles. The maximum absolute atomic E-state index is 12.7. The van der Waals surface area contributed by atoms with E-state index in [2.05, 4.69) is 5.10 Å². The Labute approximate surface area is 160 Å². The van der Waals surface area contributed by atoms with Gasteiger partial charge < -0.3 is 9.64 Å². The maximum atomic E-state index is 12.7. The lowest BCUT2D eigenvalue weighted by molar-refractivity contribution is 0.0600. The van der Waals surface area contributed by atoms with Crippen LogP contribution in [0.1, 0.15) is 51.2 Å². The molecule has 0 aliphatic carbocycles. The molecular formula is C21H27N3O3. The van der Waals surface area contributed by atoms with Gasteiger partial charge in [-0.3, -0.25) is 9.48 Å². The summed E-state index contributed by atoms with van der Waals surface area (Å²) in [4.78, 5) is 26.1. The van der Waals surface area contributed by atoms with Gasteiger partial charge >= 0.3 is 5.97 Å². The van der Waals surface area contributed by atoms with E-state index in [0.29, 0.717) is 17.0 Å². The van der Waals surface area contributed by atoms with Crippen molar-refractivity contribution in [2.24, 2.45) is 13.0 Å². The Balaban J connectivity index is 1.47. The van der Waals surface area contributed by atoms with Gasteiger partial charge in [0.1, 0.15) is 0 Å². The van der Waals surface area contributed by atoms with Crippen LogP contribution in [0.5, 0.6) is 0 Å². The van der Waals surface area contributed by atoms with Crippen LogP contribution in [-0.4, -0.2) is 46.8 Å². The number of amides is 1. The summed E-state index contributed by atoms with van der Waals surface area (Å²) in [6.07, 6.45) is 5.83. The van der Waals surface area contributed by atoms with Crippen LogP contribution in [0.15, 0.2) is 30.5 Å². The number of ether oxygens (including phenoxy) is 1. The minimum atomic E-state index is -0.303. The van der Waals surface area contributed by atoms with Crippen molar-refractivity contribution < 1.29 is 14.3 Å². The summed E-state index contributed by atoms with van der Waals surface area (Å²) in [5, 5.41) is 4.17. The lowest BCUT2D eigenvalue weighted by atomic mass is 9.90. The molecule has 6 heteroatoms. The van der Waals surface area contributed by atoms with Gasteiger partial charge in [-0.1, -0.05) is 12.1 Å². The zero-order chi connectivity index (χ0) is 19.4. The molecule has 144 valence electrons. The normalized spacial score (nSPS) is 15.0. The summed E-state index contributed by atoms with van der Waals surface area (Å²) in [6.45, 7) is 3.54. The van der Waals surface area contributed by atoms with Crippen LogP contribution in [0, 0.1) is 12.8 Å². The molecule has 2 heterocycles. The fourth-order valence-corrected chi connectivity index (χ4v) is 3.60. The number of hydrogen-bond donors (Lipinski definition) is 0. The van der Waals surface area contributed by atoms with Gasteiger partial charge in [-0.2, -0.15) is 5.10 Å². The van der Waals surface area contributed by atoms with Crippen LogP contribution in [0.4, 0.5) is 0 Å². The average Bonchev–Trinajstić information content (AvgIpc) is 3.04. The number of aryl methyl sites for hydroxylation is 2. The fourth-order valence-electron chi connectivity index (χ4n) is 3.60. The molecule has 1 saturated heterocycles. The monoisotopic (exact) mass is 369 g/mol. The molecule has 1 fully saturated rings. The van der Waals surface area contributed by atoms with Crippen LogP contribution in [0.25, 0.3) is 0 Å². The van der Waals surface area contributed by atoms with E-state index in [0.717, 1.165) is 44.5 Å². The Kier molecular flexibility index (Phi) is 5.94. The molecule has 1 aromatic carbocycles. The summed E-state index contributed by atoms with van der Waals surface area (Å²) in [5.74, 6) is 0.421. The van der Waals surface area contributed by atoms with Crippen molar-refractivity contribution in [2.75, 3.05) is 20.2 Å². The minimum absolute atomic E-state index is 0.0949. The van der Waals surface area contributed by atoms with Gasteiger partial charge in [-0.15, -0.1) is 0 Å². The molecule has 1 aliphatic rings. The summed E-state index contributed by atoms with van der Waals surface area (Å²) >= 11 is 0. The number of likely N-dealkylation sites (tertiary alicyclic amines) is 1. The van der Waals surface area contributed by atoms with E-state index in [1.165, 1.54) is 12.7 Å². The van der Waals surface area contributed by atoms with Crippen molar-refractivity contribution in [2.45, 2.75) is 32.6 Å². The Morgan fingerprint density at radius 1 is 1.19 bits per heavy atom. The van der Waals surface area contributed by atoms with E-state index >= 15 is 0 Å². The van der Waals surface area contributed by atoms with Gasteiger partial charge in [0, 0.05) is 25.8 Å². The number of carbonyl (C=O) groups is 2. The Morgan fingerprint density at radius 2 is 1.85 bits per heavy atom. The van der Waals surface area contributed by atoms with Gasteiger partial charge in [-0.25, -0.2) is 4.79 Å². The largest absolute Gasteiger partial charge is 0.465 e. The van der Waals surface area contributed by atoms with Gasteiger partial charge in [0.15, 0.2) is 0 Å². The molecular weight excluding hydrogens is 342 g/mol. The SMILES string of the molecule is COC(=O)c1ccc(CCC2CCN(C(=O)c3cnn(C)c3C)CC2)cc1. The van der Waals surface area contributed by atoms with Crippen LogP contribution in [0.2, 0.25) is 0 Å². The maximum Gasteiger partial charge on any atom is 0.337 e. The number of nitrogens with zero attached hydrogens (tertiary/aromatic N) is 3. The Hall–Kier alpha value is -2.63. The summed E-state index contributed by atoms with van der Waals surface area (Å²) in [6, 6.07) is 7.63. The quantitative estimate of drug-likeness (QED) is 0.760. The van der Waals surface area contributed by atoms with Gasteiger partial charge in [-0.05, 0) is 56.2 Å². The molecule has 0 saturated carbocycles. The first-order valence-corrected chi connectivity index (χ1v) is 9.44. The number of piperidine rings is 1. The summed E-state index contributed by atoms with van der Waals surface area (Å²) in [7, 11) is 3.25. The number of methoxy groups -OCH3 is 1. The van der Waals surface area contributed by atoms with Crippen LogP contribution < -0.4 is 0 Å². The van der Waals surface area contributed by atoms with Crippen molar-refractivity contribution in [3.05, 3.63) is 52.8 Å². The molecule has 3 rings (SSSR count). The van der Waals surface area contributed by atoms with Crippen molar-refractivity contribution in [3.8, 4) is 0 Å². The Morgan fingerprint density at radius 3 is 2.41 bits per heavy atom. The third kappa shape index (κ3) is 4.38. The molecule has 0 radical (unpaired) electrons. The van der Waals surface area contributed by atoms with Crippen molar-refractivity contribution >= 4 is 11.9 Å². The molecule has 0 unspecified atom stereocenters. The highest BCUT2D eigenvalue weighted by Gasteiger charge is 2.25. The highest BCUT2D eigenvalue weighted by atomic mass is 16.5. The third-order valence-electron chi connectivity index (χ3n) is 5.58. The highest BCUT2D eigenvalue weighted by Crippen LogP contribution is 2.24. The topological polar surface area (TPSA) is 64.4 Å². The number of carbonyl (C=O) groups excluding carboxylic acids is 2. The molecule has 27 heavy (non-hydrogen) atoms. The molecule has 1 aromatic heterocycles. The van der Waals surface area contributed by atoms with E-state index in [-0.39, 0.29) is 11.9 Å². The number of benzene rings is 1. The van der Waals surface area contributed by atoms with Gasteiger partial charge in [0.2, 0.25) is 0 Å². The highest BCUT2D eigenvalue weighted by molar-refractivity contribution is 5.95. The van der Waals surface area contributed by atoms with E-state index < -0.39 is 0 Å². The van der Waals surface area contributed by atoms with Crippen LogP contribution in [0.3, 0.4) is 0 Å². The average molecular weight is 369 g/mol. The zero-order valence-corrected chi connectivity index (χ0v) is 16.3. The predicted octanol–water partition coefficient (Wildman–Crippen LogP) is 3.00. The molecule has 0 spiro atoms. The molecule has 2 aromatic rings. The lowest BCUT2D eigenvalue weighted by Gasteiger charge is -2.32. The first kappa shape index (κ1) is 19.1. The standard InChI is InChI=1S/C21H27N3O3/c1-15-19(14-22-23(15)2)20(25)24-12-10-17(11-13-24)5-4-16-6-8-18(9-7-16)21(26)27-3/h6-9,14,17H,4-5,10-13H2,1-3H3. The van der Waals surface area contributed by atoms with E-state index in [4.69, 9.17) is 4.74 Å². The number of rotatable bonds is 5. The van der Waals surface area contributed by atoms with Crippen molar-refractivity contribution in [3.63, 3.8) is 0 Å². The van der Waals surface area contributed by atoms with E-state index in [1.807, 2.05) is 43.1 Å². The summed E-state index contributed by atoms with van der Waals surface area (Å²) < 4.78 is 6.47. The second kappa shape index (κ2) is 8.37. The molecule has 1 amide bonds. The van der Waals surface area contributed by atoms with Crippen molar-refractivity contribution in [1.29, 1.82) is 0 Å². The molecule has 0 N–H and O–H groups in total. The fraction of sp³-hybridized carbons (Fsp3) is 0.476. The first-order chi connectivity index (χ1) is 13.0. The molecule has 6 nitrogen and oxygen atoms in total. The first-order valence-electron chi connectivity index (χ1n) is 9.44. The van der Waals surface area contributed by atoms with E-state index in [1.54, 1.807) is 10.9 Å². The third-order valence-corrected chi connectivity index (χ3v) is 5.58. The zero-order valence-electron chi connectivity index (χ0n) is 16.3. The lowest BCUT2D eigenvalue weighted by Crippen LogP contribution is -2.38. The number of aromatic nitrogens is 2. The van der Waals surface area contributed by atoms with Crippen LogP contribution >= 0.6 is 0 Å². The molecule has 0 bridgehead atoms. The van der Waals surface area contributed by atoms with Gasteiger partial charge in [0.05, 0.1) is 24.4 Å². The smallest absolute Gasteiger partial charge is 0.337 e. The minimum Gasteiger partial charge on any atom is -0.465 e. The second-order valence-electron chi connectivity index (χ2n) is 7.23. The number of esters is 1. The molecule has 0 atom stereocenters. The Bertz CT molecular complexity index is 803. The van der Waals surface area contributed by atoms with Crippen molar-refractivity contribution in [1.82, 2.24) is 14.7 Å². The van der Waals surface area contributed by atoms with E-state index in [9.17, 15) is 9.59 Å². The second-order valence-corrected chi connectivity index (χ2v) is 7.23.